The van der Waals surface area contributed by atoms with E-state index in [0.717, 1.165) is 52.8 Å². The number of Topliss-reactive ketones (excluding diaryl/α,β-unsaturated/α-hetero) is 1. The maximum atomic E-state index is 13.0. The fraction of sp³-hybridized carbons (Fsp3) is 0.375. The number of carbonyl (C=O) groups excluding carboxylic acids is 2. The van der Waals surface area contributed by atoms with Gasteiger partial charge >= 0.3 is 5.97 Å². The van der Waals surface area contributed by atoms with Crippen LogP contribution in [0.3, 0.4) is 0 Å². The molecule has 1 saturated carbocycles. The minimum absolute atomic E-state index is 0.162. The van der Waals surface area contributed by atoms with Gasteiger partial charge in [-0.1, -0.05) is 25.1 Å². The molecule has 0 amide bonds. The molecule has 5 nitrogen and oxygen atoms in total. The smallest absolute Gasteiger partial charge is 0.339 e. The summed E-state index contributed by atoms with van der Waals surface area (Å²) >= 11 is 0. The maximum Gasteiger partial charge on any atom is 0.339 e. The zero-order valence-electron chi connectivity index (χ0n) is 17.4. The first-order valence-corrected chi connectivity index (χ1v) is 10.2. The Morgan fingerprint density at radius 3 is 2.59 bits per heavy atom. The topological polar surface area (TPSA) is 61.2 Å². The lowest BCUT2D eigenvalue weighted by Crippen LogP contribution is -2.17. The number of para-hydroxylation sites is 1. The van der Waals surface area contributed by atoms with Crippen molar-refractivity contribution in [3.63, 3.8) is 0 Å². The van der Waals surface area contributed by atoms with Gasteiger partial charge in [-0.25, -0.2) is 4.79 Å². The lowest BCUT2D eigenvalue weighted by atomic mass is 10.0. The molecule has 0 atom stereocenters. The molecule has 1 aliphatic rings. The molecule has 2 heterocycles. The Morgan fingerprint density at radius 1 is 1.17 bits per heavy atom. The standard InChI is InChI=1S/C24H26N2O3/c1-5-20-15(3)23(18-8-6-7-9-21(18)25-20)24(28)29-13-22(27)19-12-14(2)26(16(19)4)17-10-11-17/h6-9,12,17H,5,10-11,13H2,1-4H3. The highest BCUT2D eigenvalue weighted by molar-refractivity contribution is 6.06. The molecular formula is C24H26N2O3. The number of esters is 1. The Morgan fingerprint density at radius 2 is 1.90 bits per heavy atom. The number of aryl methyl sites for hydroxylation is 2. The molecular weight excluding hydrogens is 364 g/mol. The maximum absolute atomic E-state index is 13.0. The number of fused-ring (bicyclic) bond motifs is 1. The first-order valence-electron chi connectivity index (χ1n) is 10.2. The van der Waals surface area contributed by atoms with Gasteiger partial charge in [0.2, 0.25) is 5.78 Å². The summed E-state index contributed by atoms with van der Waals surface area (Å²) in [5.41, 5.74) is 5.65. The van der Waals surface area contributed by atoms with Gasteiger partial charge in [0, 0.05) is 34.1 Å². The summed E-state index contributed by atoms with van der Waals surface area (Å²) in [7, 11) is 0. The molecule has 29 heavy (non-hydrogen) atoms. The zero-order valence-corrected chi connectivity index (χ0v) is 17.4. The van der Waals surface area contributed by atoms with Crippen molar-refractivity contribution in [2.75, 3.05) is 6.61 Å². The third-order valence-corrected chi connectivity index (χ3v) is 5.81. The van der Waals surface area contributed by atoms with E-state index < -0.39 is 5.97 Å². The van der Waals surface area contributed by atoms with E-state index in [1.807, 2.05) is 58.0 Å². The fourth-order valence-corrected chi connectivity index (χ4v) is 4.20. The van der Waals surface area contributed by atoms with Gasteiger partial charge in [-0.2, -0.15) is 0 Å². The van der Waals surface area contributed by atoms with Crippen LogP contribution < -0.4 is 0 Å². The van der Waals surface area contributed by atoms with E-state index in [1.165, 1.54) is 0 Å². The molecule has 5 heteroatoms. The van der Waals surface area contributed by atoms with Crippen molar-refractivity contribution < 1.29 is 14.3 Å². The highest BCUT2D eigenvalue weighted by Crippen LogP contribution is 2.38. The largest absolute Gasteiger partial charge is 0.454 e. The molecule has 0 bridgehead atoms. The Balaban J connectivity index is 1.59. The second kappa shape index (κ2) is 7.47. The molecule has 0 aliphatic heterocycles. The van der Waals surface area contributed by atoms with Crippen LogP contribution >= 0.6 is 0 Å². The van der Waals surface area contributed by atoms with Gasteiger partial charge in [-0.15, -0.1) is 0 Å². The van der Waals surface area contributed by atoms with Gasteiger partial charge in [0.15, 0.2) is 6.61 Å². The Hall–Kier alpha value is -2.95. The predicted octanol–water partition coefficient (Wildman–Crippen LogP) is 4.90. The van der Waals surface area contributed by atoms with E-state index in [0.29, 0.717) is 17.2 Å². The van der Waals surface area contributed by atoms with Crippen LogP contribution in [0.5, 0.6) is 0 Å². The number of benzene rings is 1. The molecule has 0 radical (unpaired) electrons. The van der Waals surface area contributed by atoms with E-state index in [-0.39, 0.29) is 12.4 Å². The molecule has 4 rings (SSSR count). The number of carbonyl (C=O) groups is 2. The van der Waals surface area contributed by atoms with E-state index in [4.69, 9.17) is 4.74 Å². The first kappa shape index (κ1) is 19.4. The third-order valence-electron chi connectivity index (χ3n) is 5.81. The summed E-state index contributed by atoms with van der Waals surface area (Å²) in [5, 5.41) is 0.756. The van der Waals surface area contributed by atoms with Gasteiger partial charge in [-0.3, -0.25) is 9.78 Å². The van der Waals surface area contributed by atoms with Crippen molar-refractivity contribution in [2.45, 2.75) is 53.0 Å². The lowest BCUT2D eigenvalue weighted by Gasteiger charge is -2.13. The quantitative estimate of drug-likeness (QED) is 0.444. The number of hydrogen-bond donors (Lipinski definition) is 0. The molecule has 0 N–H and O–H groups in total. The van der Waals surface area contributed by atoms with Crippen molar-refractivity contribution in [1.29, 1.82) is 0 Å². The lowest BCUT2D eigenvalue weighted by molar-refractivity contribution is 0.0475. The Labute approximate surface area is 170 Å². The summed E-state index contributed by atoms with van der Waals surface area (Å²) < 4.78 is 7.71. The van der Waals surface area contributed by atoms with E-state index in [1.54, 1.807) is 0 Å². The van der Waals surface area contributed by atoms with Crippen molar-refractivity contribution >= 4 is 22.7 Å². The van der Waals surface area contributed by atoms with Crippen molar-refractivity contribution in [3.8, 4) is 0 Å². The average Bonchev–Trinajstić information content (AvgIpc) is 3.49. The van der Waals surface area contributed by atoms with Gasteiger partial charge in [0.05, 0.1) is 11.1 Å². The number of hydrogen-bond acceptors (Lipinski definition) is 4. The first-order chi connectivity index (χ1) is 13.9. The molecule has 1 aliphatic carbocycles. The number of nitrogens with zero attached hydrogens (tertiary/aromatic N) is 2. The van der Waals surface area contributed by atoms with Crippen LogP contribution in [0.4, 0.5) is 0 Å². The van der Waals surface area contributed by atoms with Crippen molar-refractivity contribution in [1.82, 2.24) is 9.55 Å². The normalized spacial score (nSPS) is 13.7. The van der Waals surface area contributed by atoms with E-state index in [2.05, 4.69) is 9.55 Å². The highest BCUT2D eigenvalue weighted by Gasteiger charge is 2.28. The molecule has 0 saturated heterocycles. The molecule has 1 fully saturated rings. The second-order valence-electron chi connectivity index (χ2n) is 7.81. The Bertz CT molecular complexity index is 1120. The van der Waals surface area contributed by atoms with Crippen LogP contribution in [-0.4, -0.2) is 27.9 Å². The number of pyridine rings is 1. The van der Waals surface area contributed by atoms with Crippen LogP contribution in [0.1, 0.15) is 69.2 Å². The molecule has 2 aromatic heterocycles. The summed E-state index contributed by atoms with van der Waals surface area (Å²) in [6, 6.07) is 9.96. The van der Waals surface area contributed by atoms with Crippen molar-refractivity contribution in [3.05, 3.63) is 64.1 Å². The molecule has 3 aromatic rings. The predicted molar refractivity (Wildman–Crippen MR) is 113 cm³/mol. The monoisotopic (exact) mass is 390 g/mol. The average molecular weight is 390 g/mol. The number of ketones is 1. The summed E-state index contributed by atoms with van der Waals surface area (Å²) in [6.45, 7) is 7.63. The van der Waals surface area contributed by atoms with Gasteiger partial charge in [0.25, 0.3) is 0 Å². The van der Waals surface area contributed by atoms with Gasteiger partial charge < -0.3 is 9.30 Å². The van der Waals surface area contributed by atoms with Crippen molar-refractivity contribution in [2.24, 2.45) is 0 Å². The van der Waals surface area contributed by atoms with Gasteiger partial charge in [-0.05, 0) is 57.7 Å². The molecule has 150 valence electrons. The minimum Gasteiger partial charge on any atom is -0.454 e. The van der Waals surface area contributed by atoms with E-state index >= 15 is 0 Å². The summed E-state index contributed by atoms with van der Waals surface area (Å²) in [4.78, 5) is 30.4. The number of aromatic nitrogens is 2. The summed E-state index contributed by atoms with van der Waals surface area (Å²) in [5.74, 6) is -0.634. The van der Waals surface area contributed by atoms with Crippen LogP contribution in [0.25, 0.3) is 10.9 Å². The van der Waals surface area contributed by atoms with Crippen LogP contribution in [0, 0.1) is 20.8 Å². The SMILES string of the molecule is CCc1nc2ccccc2c(C(=O)OCC(=O)c2cc(C)n(C3CC3)c2C)c1C. The minimum atomic E-state index is -0.472. The third kappa shape index (κ3) is 3.46. The van der Waals surface area contributed by atoms with Crippen LogP contribution in [-0.2, 0) is 11.2 Å². The number of ether oxygens (including phenoxy) is 1. The molecule has 1 aromatic carbocycles. The Kier molecular flexibility index (Phi) is 4.99. The molecule has 0 unspecified atom stereocenters. The number of rotatable bonds is 6. The molecule has 0 spiro atoms. The fourth-order valence-electron chi connectivity index (χ4n) is 4.20. The van der Waals surface area contributed by atoms with Gasteiger partial charge in [0.1, 0.15) is 0 Å². The van der Waals surface area contributed by atoms with Crippen LogP contribution in [0.2, 0.25) is 0 Å². The second-order valence-corrected chi connectivity index (χ2v) is 7.81. The van der Waals surface area contributed by atoms with E-state index in [9.17, 15) is 9.59 Å². The van der Waals surface area contributed by atoms with Crippen LogP contribution in [0.15, 0.2) is 30.3 Å². The highest BCUT2D eigenvalue weighted by atomic mass is 16.5. The summed E-state index contributed by atoms with van der Waals surface area (Å²) in [6.07, 6.45) is 3.04. The zero-order chi connectivity index (χ0) is 20.7.